The molecule has 4 N–H and O–H groups in total. The summed E-state index contributed by atoms with van der Waals surface area (Å²) in [6.45, 7) is 2.62. The van der Waals surface area contributed by atoms with Crippen molar-refractivity contribution in [2.24, 2.45) is 5.73 Å². The minimum Gasteiger partial charge on any atom is -0.497 e. The number of aromatic nitrogens is 3. The van der Waals surface area contributed by atoms with Gasteiger partial charge >= 0.3 is 0 Å². The van der Waals surface area contributed by atoms with Crippen LogP contribution in [0.1, 0.15) is 5.56 Å². The third-order valence-electron chi connectivity index (χ3n) is 5.07. The highest BCUT2D eigenvalue weighted by molar-refractivity contribution is 5.92. The van der Waals surface area contributed by atoms with Gasteiger partial charge in [-0.15, -0.1) is 0 Å². The lowest BCUT2D eigenvalue weighted by molar-refractivity contribution is -0.120. The van der Waals surface area contributed by atoms with Crippen LogP contribution in [-0.2, 0) is 9.53 Å². The average Bonchev–Trinajstić information content (AvgIpc) is 3.26. The lowest BCUT2D eigenvalue weighted by Gasteiger charge is -2.12. The smallest absolute Gasteiger partial charge is 0.250 e. The summed E-state index contributed by atoms with van der Waals surface area (Å²) in [6.07, 6.45) is 5.43. The SMILES string of the molecule is COc1ccc(-c2cnc3c(Nc4ccc(NC(=O)COCCN)c(C)c4)nccn23)cc1. The first-order valence-electron chi connectivity index (χ1n) is 10.5. The summed E-state index contributed by atoms with van der Waals surface area (Å²) in [5.74, 6) is 1.21. The van der Waals surface area contributed by atoms with E-state index in [-0.39, 0.29) is 12.5 Å². The van der Waals surface area contributed by atoms with E-state index in [0.717, 1.165) is 33.9 Å². The van der Waals surface area contributed by atoms with Gasteiger partial charge in [-0.1, -0.05) is 0 Å². The van der Waals surface area contributed by atoms with E-state index in [9.17, 15) is 4.79 Å². The van der Waals surface area contributed by atoms with Crippen molar-refractivity contribution in [1.29, 1.82) is 0 Å². The number of nitrogens with one attached hydrogen (secondary N) is 2. The fourth-order valence-corrected chi connectivity index (χ4v) is 3.44. The number of nitrogens with zero attached hydrogens (tertiary/aromatic N) is 3. The molecule has 9 nitrogen and oxygen atoms in total. The molecule has 1 amide bonds. The fraction of sp³-hybridized carbons (Fsp3) is 0.208. The third kappa shape index (κ3) is 5.11. The first kappa shape index (κ1) is 22.3. The molecule has 4 aromatic rings. The summed E-state index contributed by atoms with van der Waals surface area (Å²) >= 11 is 0. The number of ether oxygens (including phenoxy) is 2. The fourth-order valence-electron chi connectivity index (χ4n) is 3.44. The Morgan fingerprint density at radius 2 is 1.97 bits per heavy atom. The van der Waals surface area contributed by atoms with Crippen LogP contribution >= 0.6 is 0 Å². The van der Waals surface area contributed by atoms with Crippen LogP contribution < -0.4 is 21.1 Å². The predicted octanol–water partition coefficient (Wildman–Crippen LogP) is 3.37. The lowest BCUT2D eigenvalue weighted by atomic mass is 10.1. The van der Waals surface area contributed by atoms with Crippen molar-refractivity contribution in [3.63, 3.8) is 0 Å². The number of carbonyl (C=O) groups is 1. The van der Waals surface area contributed by atoms with Crippen LogP contribution in [0.5, 0.6) is 5.75 Å². The number of methoxy groups -OCH3 is 1. The molecule has 0 saturated heterocycles. The Kier molecular flexibility index (Phi) is 6.82. The van der Waals surface area contributed by atoms with Gasteiger partial charge in [0.2, 0.25) is 5.91 Å². The van der Waals surface area contributed by atoms with E-state index in [4.69, 9.17) is 15.2 Å². The number of anilines is 3. The van der Waals surface area contributed by atoms with Crippen molar-refractivity contribution in [2.75, 3.05) is 37.5 Å². The van der Waals surface area contributed by atoms with E-state index in [1.165, 1.54) is 0 Å². The highest BCUT2D eigenvalue weighted by Gasteiger charge is 2.12. The molecule has 2 aromatic carbocycles. The van der Waals surface area contributed by atoms with Gasteiger partial charge in [0, 0.05) is 35.9 Å². The maximum absolute atomic E-state index is 12.0. The van der Waals surface area contributed by atoms with Gasteiger partial charge < -0.3 is 25.8 Å². The number of carbonyl (C=O) groups excluding carboxylic acids is 1. The summed E-state index contributed by atoms with van der Waals surface area (Å²) in [5, 5.41) is 6.17. The Bertz CT molecular complexity index is 1250. The Labute approximate surface area is 191 Å². The van der Waals surface area contributed by atoms with Crippen molar-refractivity contribution >= 4 is 28.7 Å². The maximum atomic E-state index is 12.0. The summed E-state index contributed by atoms with van der Waals surface area (Å²) in [5.41, 5.74) is 10.5. The lowest BCUT2D eigenvalue weighted by Crippen LogP contribution is -2.21. The molecule has 0 spiro atoms. The number of hydrogen-bond acceptors (Lipinski definition) is 7. The van der Waals surface area contributed by atoms with Gasteiger partial charge in [-0.05, 0) is 55.0 Å². The van der Waals surface area contributed by atoms with Crippen LogP contribution in [0.4, 0.5) is 17.2 Å². The molecule has 0 fully saturated rings. The van der Waals surface area contributed by atoms with E-state index in [2.05, 4.69) is 20.6 Å². The van der Waals surface area contributed by atoms with Crippen LogP contribution in [0.15, 0.2) is 61.1 Å². The van der Waals surface area contributed by atoms with Gasteiger partial charge in [0.25, 0.3) is 0 Å². The largest absolute Gasteiger partial charge is 0.497 e. The molecule has 0 atom stereocenters. The van der Waals surface area contributed by atoms with Crippen molar-refractivity contribution < 1.29 is 14.3 Å². The Balaban J connectivity index is 1.52. The molecule has 33 heavy (non-hydrogen) atoms. The number of nitrogens with two attached hydrogens (primary N) is 1. The number of benzene rings is 2. The minimum atomic E-state index is -0.220. The van der Waals surface area contributed by atoms with E-state index in [0.29, 0.717) is 24.6 Å². The molecule has 0 saturated carbocycles. The standard InChI is InChI=1S/C24H26N6O3/c1-16-13-18(5-8-20(16)29-22(31)15-33-12-9-25)28-23-24-27-14-21(30(24)11-10-26-23)17-3-6-19(32-2)7-4-17/h3-8,10-11,13-14H,9,12,15,25H2,1-2H3,(H,26,28)(H,29,31). The highest BCUT2D eigenvalue weighted by atomic mass is 16.5. The van der Waals surface area contributed by atoms with Crippen LogP contribution in [0.2, 0.25) is 0 Å². The molecule has 0 radical (unpaired) electrons. The molecular weight excluding hydrogens is 420 g/mol. The molecule has 0 aliphatic carbocycles. The quantitative estimate of drug-likeness (QED) is 0.338. The van der Waals surface area contributed by atoms with Crippen LogP contribution in [0, 0.1) is 6.92 Å². The second-order valence-electron chi connectivity index (χ2n) is 7.39. The second-order valence-corrected chi connectivity index (χ2v) is 7.39. The second kappa shape index (κ2) is 10.1. The predicted molar refractivity (Wildman–Crippen MR) is 128 cm³/mol. The van der Waals surface area contributed by atoms with Crippen molar-refractivity contribution in [2.45, 2.75) is 6.92 Å². The topological polar surface area (TPSA) is 116 Å². The van der Waals surface area contributed by atoms with Gasteiger partial charge in [0.05, 0.1) is 25.6 Å². The van der Waals surface area contributed by atoms with E-state index in [1.54, 1.807) is 13.3 Å². The Morgan fingerprint density at radius 1 is 1.15 bits per heavy atom. The summed E-state index contributed by atoms with van der Waals surface area (Å²) in [7, 11) is 1.65. The zero-order valence-electron chi connectivity index (χ0n) is 18.5. The molecule has 0 unspecified atom stereocenters. The number of fused-ring (bicyclic) bond motifs is 1. The molecule has 0 aliphatic rings. The van der Waals surface area contributed by atoms with Gasteiger partial charge in [-0.3, -0.25) is 9.20 Å². The zero-order valence-corrected chi connectivity index (χ0v) is 18.5. The molecule has 2 aromatic heterocycles. The van der Waals surface area contributed by atoms with Gasteiger partial charge in [0.15, 0.2) is 11.5 Å². The first-order valence-corrected chi connectivity index (χ1v) is 10.5. The summed E-state index contributed by atoms with van der Waals surface area (Å²) in [4.78, 5) is 21.0. The van der Waals surface area contributed by atoms with E-state index < -0.39 is 0 Å². The molecule has 170 valence electrons. The van der Waals surface area contributed by atoms with Crippen molar-refractivity contribution in [3.05, 3.63) is 66.6 Å². The normalized spacial score (nSPS) is 10.9. The Morgan fingerprint density at radius 3 is 2.70 bits per heavy atom. The molecular formula is C24H26N6O3. The molecule has 0 aliphatic heterocycles. The van der Waals surface area contributed by atoms with Gasteiger partial charge in [-0.2, -0.15) is 0 Å². The third-order valence-corrected chi connectivity index (χ3v) is 5.07. The highest BCUT2D eigenvalue weighted by Crippen LogP contribution is 2.27. The maximum Gasteiger partial charge on any atom is 0.250 e. The van der Waals surface area contributed by atoms with Crippen molar-refractivity contribution in [1.82, 2.24) is 14.4 Å². The number of aryl methyl sites for hydroxylation is 1. The average molecular weight is 447 g/mol. The number of hydrogen-bond donors (Lipinski definition) is 3. The first-order chi connectivity index (χ1) is 16.1. The Hall–Kier alpha value is -3.95. The number of imidazole rings is 1. The molecule has 9 heteroatoms. The number of rotatable bonds is 9. The molecule has 2 heterocycles. The van der Waals surface area contributed by atoms with Crippen molar-refractivity contribution in [3.8, 4) is 17.0 Å². The number of amides is 1. The van der Waals surface area contributed by atoms with E-state index >= 15 is 0 Å². The molecule has 4 rings (SSSR count). The van der Waals surface area contributed by atoms with Gasteiger partial charge in [0.1, 0.15) is 12.4 Å². The van der Waals surface area contributed by atoms with Crippen LogP contribution in [-0.4, -0.2) is 47.1 Å². The van der Waals surface area contributed by atoms with Crippen LogP contribution in [0.3, 0.4) is 0 Å². The zero-order chi connectivity index (χ0) is 23.2. The summed E-state index contributed by atoms with van der Waals surface area (Å²) < 4.78 is 12.4. The van der Waals surface area contributed by atoms with E-state index in [1.807, 2.05) is 66.2 Å². The minimum absolute atomic E-state index is 0.0288. The van der Waals surface area contributed by atoms with Gasteiger partial charge in [-0.25, -0.2) is 9.97 Å². The summed E-state index contributed by atoms with van der Waals surface area (Å²) in [6, 6.07) is 13.5. The monoisotopic (exact) mass is 446 g/mol. The molecule has 0 bridgehead atoms. The van der Waals surface area contributed by atoms with Crippen LogP contribution in [0.25, 0.3) is 16.9 Å².